The lowest BCUT2D eigenvalue weighted by molar-refractivity contribution is 0.807. The van der Waals surface area contributed by atoms with Gasteiger partial charge in [0.1, 0.15) is 11.7 Å². The van der Waals surface area contributed by atoms with E-state index >= 15 is 0 Å². The third-order valence-electron chi connectivity index (χ3n) is 3.58. The summed E-state index contributed by atoms with van der Waals surface area (Å²) in [6.45, 7) is 2.78. The Morgan fingerprint density at radius 1 is 1.18 bits per heavy atom. The van der Waals surface area contributed by atoms with E-state index in [0.29, 0.717) is 6.54 Å². The number of imidazole rings is 1. The van der Waals surface area contributed by atoms with Gasteiger partial charge in [-0.15, -0.1) is 0 Å². The molecule has 1 heterocycles. The first-order valence-corrected chi connectivity index (χ1v) is 7.15. The van der Waals surface area contributed by atoms with Crippen LogP contribution < -0.4 is 5.73 Å². The molecule has 0 saturated carbocycles. The number of nitrogens with one attached hydrogen (secondary N) is 1. The number of nitrogens with two attached hydrogens (primary N) is 1. The van der Waals surface area contributed by atoms with Gasteiger partial charge in [-0.1, -0.05) is 42.0 Å². The number of nitrogen functional groups attached to an aromatic ring is 1. The van der Waals surface area contributed by atoms with Crippen LogP contribution in [-0.2, 0) is 6.54 Å². The lowest BCUT2D eigenvalue weighted by Gasteiger charge is -2.10. The number of hydrogen-bond acceptors (Lipinski definition) is 2. The molecule has 0 aliphatic rings. The van der Waals surface area contributed by atoms with Crippen LogP contribution in [0.4, 0.5) is 0 Å². The Labute approximate surface area is 129 Å². The topological polar surface area (TPSA) is 67.7 Å². The first kappa shape index (κ1) is 14.1. The van der Waals surface area contributed by atoms with Crippen molar-refractivity contribution in [1.29, 1.82) is 5.41 Å². The zero-order valence-corrected chi connectivity index (χ0v) is 12.5. The van der Waals surface area contributed by atoms with Gasteiger partial charge in [-0.25, -0.2) is 4.98 Å². The quantitative estimate of drug-likeness (QED) is 0.572. The zero-order valence-electron chi connectivity index (χ0n) is 12.5. The Bertz CT molecular complexity index is 817. The molecule has 0 fully saturated rings. The number of amidine groups is 1. The normalized spacial score (nSPS) is 10.6. The summed E-state index contributed by atoms with van der Waals surface area (Å²) in [6.07, 6.45) is 3.78. The maximum absolute atomic E-state index is 7.54. The molecule has 0 amide bonds. The number of nitrogens with zero attached hydrogens (tertiary/aromatic N) is 2. The molecule has 4 heteroatoms. The third-order valence-corrected chi connectivity index (χ3v) is 3.58. The predicted octanol–water partition coefficient (Wildman–Crippen LogP) is 3.19. The standard InChI is InChI=1S/C18H18N4/c1-13-4-2-7-16(10-13)18-21-8-9-22(18)12-14-5-3-6-15(11-14)17(19)20/h2-11H,12H2,1H3,(H3,19,20). The van der Waals surface area contributed by atoms with Crippen LogP contribution in [0, 0.1) is 12.3 Å². The second-order valence-electron chi connectivity index (χ2n) is 5.36. The molecule has 0 aliphatic heterocycles. The van der Waals surface area contributed by atoms with Crippen LogP contribution in [0.15, 0.2) is 60.9 Å². The van der Waals surface area contributed by atoms with Gasteiger partial charge in [0.15, 0.2) is 0 Å². The van der Waals surface area contributed by atoms with E-state index < -0.39 is 0 Å². The molecule has 0 radical (unpaired) electrons. The summed E-state index contributed by atoms with van der Waals surface area (Å²) in [7, 11) is 0. The van der Waals surface area contributed by atoms with E-state index in [0.717, 1.165) is 22.5 Å². The van der Waals surface area contributed by atoms with Crippen LogP contribution >= 0.6 is 0 Å². The minimum Gasteiger partial charge on any atom is -0.384 e. The highest BCUT2D eigenvalue weighted by molar-refractivity contribution is 5.95. The molecule has 22 heavy (non-hydrogen) atoms. The van der Waals surface area contributed by atoms with Crippen molar-refractivity contribution in [3.05, 3.63) is 77.6 Å². The monoisotopic (exact) mass is 290 g/mol. The second kappa shape index (κ2) is 5.85. The first-order chi connectivity index (χ1) is 10.6. The third kappa shape index (κ3) is 2.91. The highest BCUT2D eigenvalue weighted by atomic mass is 15.1. The van der Waals surface area contributed by atoms with Crippen LogP contribution in [0.25, 0.3) is 11.4 Å². The van der Waals surface area contributed by atoms with Gasteiger partial charge in [-0.05, 0) is 24.6 Å². The summed E-state index contributed by atoms with van der Waals surface area (Å²) in [5.41, 5.74) is 9.72. The minimum atomic E-state index is 0.0892. The molecular weight excluding hydrogens is 272 g/mol. The Balaban J connectivity index is 1.93. The fraction of sp³-hybridized carbons (Fsp3) is 0.111. The van der Waals surface area contributed by atoms with Crippen molar-refractivity contribution in [2.75, 3.05) is 0 Å². The molecule has 4 nitrogen and oxygen atoms in total. The van der Waals surface area contributed by atoms with Gasteiger partial charge >= 0.3 is 0 Å². The summed E-state index contributed by atoms with van der Waals surface area (Å²) in [4.78, 5) is 4.48. The van der Waals surface area contributed by atoms with Gasteiger partial charge in [0.05, 0.1) is 0 Å². The van der Waals surface area contributed by atoms with Gasteiger partial charge in [0.2, 0.25) is 0 Å². The molecule has 3 aromatic rings. The van der Waals surface area contributed by atoms with E-state index in [-0.39, 0.29) is 5.84 Å². The molecule has 3 N–H and O–H groups in total. The molecule has 2 aromatic carbocycles. The highest BCUT2D eigenvalue weighted by Crippen LogP contribution is 2.20. The van der Waals surface area contributed by atoms with Crippen molar-refractivity contribution < 1.29 is 0 Å². The Morgan fingerprint density at radius 3 is 2.77 bits per heavy atom. The molecule has 0 spiro atoms. The number of benzene rings is 2. The van der Waals surface area contributed by atoms with Crippen molar-refractivity contribution >= 4 is 5.84 Å². The molecule has 0 saturated heterocycles. The van der Waals surface area contributed by atoms with E-state index in [1.165, 1.54) is 5.56 Å². The van der Waals surface area contributed by atoms with Crippen molar-refractivity contribution in [3.63, 3.8) is 0 Å². The summed E-state index contributed by atoms with van der Waals surface area (Å²) >= 11 is 0. The number of aromatic nitrogens is 2. The number of rotatable bonds is 4. The van der Waals surface area contributed by atoms with Crippen LogP contribution in [0.3, 0.4) is 0 Å². The predicted molar refractivity (Wildman–Crippen MR) is 89.0 cm³/mol. The largest absolute Gasteiger partial charge is 0.384 e. The maximum atomic E-state index is 7.54. The van der Waals surface area contributed by atoms with E-state index in [4.69, 9.17) is 11.1 Å². The average molecular weight is 290 g/mol. The molecule has 0 unspecified atom stereocenters. The summed E-state index contributed by atoms with van der Waals surface area (Å²) in [5, 5.41) is 7.54. The van der Waals surface area contributed by atoms with Gasteiger partial charge in [-0.2, -0.15) is 0 Å². The molecule has 110 valence electrons. The molecule has 1 aromatic heterocycles. The number of hydrogen-bond donors (Lipinski definition) is 2. The van der Waals surface area contributed by atoms with Crippen molar-refractivity contribution in [2.24, 2.45) is 5.73 Å². The fourth-order valence-electron chi connectivity index (χ4n) is 2.52. The van der Waals surface area contributed by atoms with E-state index in [2.05, 4.69) is 34.7 Å². The Hall–Kier alpha value is -2.88. The SMILES string of the molecule is Cc1cccc(-c2nccn2Cc2cccc(C(=N)N)c2)c1. The van der Waals surface area contributed by atoms with Crippen LogP contribution in [0.5, 0.6) is 0 Å². The van der Waals surface area contributed by atoms with Crippen LogP contribution in [0.2, 0.25) is 0 Å². The first-order valence-electron chi connectivity index (χ1n) is 7.15. The van der Waals surface area contributed by atoms with Gasteiger partial charge < -0.3 is 10.3 Å². The van der Waals surface area contributed by atoms with E-state index in [1.54, 1.807) is 0 Å². The van der Waals surface area contributed by atoms with Crippen molar-refractivity contribution in [3.8, 4) is 11.4 Å². The second-order valence-corrected chi connectivity index (χ2v) is 5.36. The molecule has 0 aliphatic carbocycles. The maximum Gasteiger partial charge on any atom is 0.140 e. The van der Waals surface area contributed by atoms with Crippen molar-refractivity contribution in [1.82, 2.24) is 9.55 Å². The summed E-state index contributed by atoms with van der Waals surface area (Å²) < 4.78 is 2.11. The average Bonchev–Trinajstić information content (AvgIpc) is 2.95. The zero-order chi connectivity index (χ0) is 15.5. The van der Waals surface area contributed by atoms with Gasteiger partial charge in [0, 0.05) is 30.1 Å². The number of aryl methyl sites for hydroxylation is 1. The fourth-order valence-corrected chi connectivity index (χ4v) is 2.52. The van der Waals surface area contributed by atoms with Crippen LogP contribution in [-0.4, -0.2) is 15.4 Å². The lowest BCUT2D eigenvalue weighted by atomic mass is 10.1. The van der Waals surface area contributed by atoms with E-state index in [9.17, 15) is 0 Å². The highest BCUT2D eigenvalue weighted by Gasteiger charge is 2.07. The summed E-state index contributed by atoms with van der Waals surface area (Å²) in [6, 6.07) is 16.1. The Morgan fingerprint density at radius 2 is 2.00 bits per heavy atom. The molecule has 0 atom stereocenters. The smallest absolute Gasteiger partial charge is 0.140 e. The van der Waals surface area contributed by atoms with Gasteiger partial charge in [-0.3, -0.25) is 5.41 Å². The van der Waals surface area contributed by atoms with Crippen LogP contribution in [0.1, 0.15) is 16.7 Å². The molecule has 3 rings (SSSR count). The van der Waals surface area contributed by atoms with E-state index in [1.807, 2.05) is 42.7 Å². The molecule has 0 bridgehead atoms. The lowest BCUT2D eigenvalue weighted by Crippen LogP contribution is -2.11. The Kier molecular flexibility index (Phi) is 3.74. The molecular formula is C18H18N4. The van der Waals surface area contributed by atoms with Gasteiger partial charge in [0.25, 0.3) is 0 Å². The summed E-state index contributed by atoms with van der Waals surface area (Å²) in [5.74, 6) is 1.03. The van der Waals surface area contributed by atoms with Crippen molar-refractivity contribution in [2.45, 2.75) is 13.5 Å². The minimum absolute atomic E-state index is 0.0892.